The summed E-state index contributed by atoms with van der Waals surface area (Å²) in [5.74, 6) is -0.205. The van der Waals surface area contributed by atoms with E-state index >= 15 is 0 Å². The van der Waals surface area contributed by atoms with Crippen molar-refractivity contribution in [1.82, 2.24) is 9.21 Å². The molecule has 1 aliphatic heterocycles. The topological polar surface area (TPSA) is 110 Å². The maximum Gasteiger partial charge on any atom is 0.253 e. The summed E-state index contributed by atoms with van der Waals surface area (Å²) in [7, 11) is -3.23. The maximum absolute atomic E-state index is 13.0. The molecule has 1 heterocycles. The fourth-order valence-electron chi connectivity index (χ4n) is 4.14. The van der Waals surface area contributed by atoms with Crippen LogP contribution in [0, 0.1) is 0 Å². The molecule has 2 amide bonds. The number of primary amides is 1. The summed E-state index contributed by atoms with van der Waals surface area (Å²) in [5.41, 5.74) is 7.22. The summed E-state index contributed by atoms with van der Waals surface area (Å²) >= 11 is 0. The molecule has 2 N–H and O–H groups in total. The first kappa shape index (κ1) is 23.3. The molecule has 1 saturated carbocycles. The Bertz CT molecular complexity index is 1120. The lowest BCUT2D eigenvalue weighted by Gasteiger charge is -2.38. The number of piperazine rings is 1. The number of hydrogen-bond acceptors (Lipinski definition) is 5. The van der Waals surface area contributed by atoms with E-state index in [1.165, 1.54) is 4.31 Å². The van der Waals surface area contributed by atoms with E-state index in [0.29, 0.717) is 56.1 Å². The van der Waals surface area contributed by atoms with Gasteiger partial charge in [-0.15, -0.1) is 0 Å². The number of rotatable bonds is 8. The molecule has 1 saturated heterocycles. The highest BCUT2D eigenvalue weighted by Gasteiger charge is 2.38. The highest BCUT2D eigenvalue weighted by molar-refractivity contribution is 7.89. The Labute approximate surface area is 194 Å². The van der Waals surface area contributed by atoms with Crippen molar-refractivity contribution in [3.8, 4) is 5.75 Å². The quantitative estimate of drug-likeness (QED) is 0.634. The number of nitrogens with two attached hydrogens (primary N) is 1. The zero-order valence-electron chi connectivity index (χ0n) is 18.5. The van der Waals surface area contributed by atoms with Gasteiger partial charge in [-0.05, 0) is 42.7 Å². The van der Waals surface area contributed by atoms with Gasteiger partial charge in [-0.3, -0.25) is 9.59 Å². The molecular formula is C24H29N3O5S. The largest absolute Gasteiger partial charge is 0.492 e. The first-order valence-electron chi connectivity index (χ1n) is 11.2. The van der Waals surface area contributed by atoms with Crippen LogP contribution in [0.4, 0.5) is 0 Å². The summed E-state index contributed by atoms with van der Waals surface area (Å²) in [6, 6.07) is 14.2. The molecule has 2 aliphatic rings. The van der Waals surface area contributed by atoms with E-state index in [1.54, 1.807) is 35.2 Å². The molecule has 0 spiro atoms. The van der Waals surface area contributed by atoms with Gasteiger partial charge in [0, 0.05) is 38.2 Å². The van der Waals surface area contributed by atoms with E-state index in [4.69, 9.17) is 10.5 Å². The number of benzene rings is 2. The molecule has 9 heteroatoms. The molecule has 2 aromatic rings. The van der Waals surface area contributed by atoms with Gasteiger partial charge in [0.1, 0.15) is 5.75 Å². The number of amides is 2. The average molecular weight is 472 g/mol. The van der Waals surface area contributed by atoms with Crippen LogP contribution in [-0.2, 0) is 16.4 Å². The molecule has 0 atom stereocenters. The lowest BCUT2D eigenvalue weighted by Crippen LogP contribution is -2.53. The van der Waals surface area contributed by atoms with Gasteiger partial charge >= 0.3 is 0 Å². The molecule has 33 heavy (non-hydrogen) atoms. The van der Waals surface area contributed by atoms with Crippen LogP contribution in [0.2, 0.25) is 0 Å². The predicted molar refractivity (Wildman–Crippen MR) is 125 cm³/mol. The van der Waals surface area contributed by atoms with Crippen molar-refractivity contribution in [2.45, 2.75) is 30.9 Å². The normalized spacial score (nSPS) is 17.4. The van der Waals surface area contributed by atoms with Gasteiger partial charge < -0.3 is 15.4 Å². The Morgan fingerprint density at radius 3 is 2.39 bits per heavy atom. The Balaban J connectivity index is 1.32. The number of ether oxygens (including phenoxy) is 1. The molecule has 1 aliphatic carbocycles. The minimum absolute atomic E-state index is 0.0995. The second-order valence-electron chi connectivity index (χ2n) is 8.45. The van der Waals surface area contributed by atoms with E-state index in [2.05, 4.69) is 0 Å². The Hall–Kier alpha value is -2.91. The zero-order chi connectivity index (χ0) is 23.4. The van der Waals surface area contributed by atoms with Crippen molar-refractivity contribution >= 4 is 21.8 Å². The smallest absolute Gasteiger partial charge is 0.253 e. The van der Waals surface area contributed by atoms with Crippen molar-refractivity contribution in [3.05, 3.63) is 65.2 Å². The SMILES string of the molecule is NC(=O)c1ccccc1OCCc1cccc(C(=O)N2CCN(S(=O)(=O)C3CCC3)CC2)c1. The molecule has 0 radical (unpaired) electrons. The number of carbonyl (C=O) groups is 2. The molecule has 8 nitrogen and oxygen atoms in total. The van der Waals surface area contributed by atoms with Crippen molar-refractivity contribution in [2.75, 3.05) is 32.8 Å². The lowest BCUT2D eigenvalue weighted by atomic mass is 10.0. The zero-order valence-corrected chi connectivity index (χ0v) is 19.3. The van der Waals surface area contributed by atoms with Crippen LogP contribution < -0.4 is 10.5 Å². The van der Waals surface area contributed by atoms with Crippen LogP contribution in [0.5, 0.6) is 5.75 Å². The van der Waals surface area contributed by atoms with E-state index in [9.17, 15) is 18.0 Å². The summed E-state index contributed by atoms with van der Waals surface area (Å²) < 4.78 is 32.5. The highest BCUT2D eigenvalue weighted by Crippen LogP contribution is 2.29. The van der Waals surface area contributed by atoms with Crippen LogP contribution in [0.1, 0.15) is 45.5 Å². The fraction of sp³-hybridized carbons (Fsp3) is 0.417. The van der Waals surface area contributed by atoms with Crippen molar-refractivity contribution in [1.29, 1.82) is 0 Å². The number of nitrogens with zero attached hydrogens (tertiary/aromatic N) is 2. The molecule has 4 rings (SSSR count). The lowest BCUT2D eigenvalue weighted by molar-refractivity contribution is 0.0696. The van der Waals surface area contributed by atoms with Gasteiger partial charge in [0.05, 0.1) is 17.4 Å². The Morgan fingerprint density at radius 1 is 1.00 bits per heavy atom. The van der Waals surface area contributed by atoms with Crippen LogP contribution in [0.25, 0.3) is 0 Å². The summed E-state index contributed by atoms with van der Waals surface area (Å²) in [4.78, 5) is 26.2. The molecule has 0 bridgehead atoms. The van der Waals surface area contributed by atoms with Gasteiger partial charge in [0.25, 0.3) is 11.8 Å². The molecule has 0 unspecified atom stereocenters. The van der Waals surface area contributed by atoms with Gasteiger partial charge in [0.2, 0.25) is 10.0 Å². The van der Waals surface area contributed by atoms with Crippen molar-refractivity contribution < 1.29 is 22.7 Å². The van der Waals surface area contributed by atoms with Gasteiger partial charge in [-0.2, -0.15) is 4.31 Å². The molecule has 2 aromatic carbocycles. The van der Waals surface area contributed by atoms with Crippen molar-refractivity contribution in [3.63, 3.8) is 0 Å². The van der Waals surface area contributed by atoms with E-state index in [-0.39, 0.29) is 11.2 Å². The summed E-state index contributed by atoms with van der Waals surface area (Å²) in [6.45, 7) is 1.80. The molecule has 0 aromatic heterocycles. The van der Waals surface area contributed by atoms with Crippen LogP contribution in [0.3, 0.4) is 0 Å². The second-order valence-corrected chi connectivity index (χ2v) is 10.7. The van der Waals surface area contributed by atoms with Crippen LogP contribution in [-0.4, -0.2) is 67.5 Å². The molecular weight excluding hydrogens is 442 g/mol. The molecule has 176 valence electrons. The number of para-hydroxylation sites is 1. The minimum atomic E-state index is -3.23. The van der Waals surface area contributed by atoms with Gasteiger partial charge in [-0.1, -0.05) is 30.7 Å². The fourth-order valence-corrected chi connectivity index (χ4v) is 6.17. The Kier molecular flexibility index (Phi) is 6.99. The molecule has 2 fully saturated rings. The van der Waals surface area contributed by atoms with E-state index < -0.39 is 15.9 Å². The highest BCUT2D eigenvalue weighted by atomic mass is 32.2. The second kappa shape index (κ2) is 9.93. The van der Waals surface area contributed by atoms with Gasteiger partial charge in [0.15, 0.2) is 0 Å². The average Bonchev–Trinajstić information content (AvgIpc) is 2.77. The maximum atomic E-state index is 13.0. The van der Waals surface area contributed by atoms with E-state index in [1.807, 2.05) is 18.2 Å². The van der Waals surface area contributed by atoms with Crippen LogP contribution in [0.15, 0.2) is 48.5 Å². The predicted octanol–water partition coefficient (Wildman–Crippen LogP) is 2.05. The minimum Gasteiger partial charge on any atom is -0.492 e. The first-order valence-corrected chi connectivity index (χ1v) is 12.8. The van der Waals surface area contributed by atoms with Crippen molar-refractivity contribution in [2.24, 2.45) is 5.73 Å². The van der Waals surface area contributed by atoms with Crippen LogP contribution >= 0.6 is 0 Å². The Morgan fingerprint density at radius 2 is 1.73 bits per heavy atom. The summed E-state index contributed by atoms with van der Waals surface area (Å²) in [5, 5.41) is -0.242. The van der Waals surface area contributed by atoms with Gasteiger partial charge in [-0.25, -0.2) is 8.42 Å². The first-order chi connectivity index (χ1) is 15.9. The third kappa shape index (κ3) is 5.20. The third-order valence-corrected chi connectivity index (χ3v) is 8.73. The summed E-state index contributed by atoms with van der Waals surface area (Å²) in [6.07, 6.45) is 3.02. The monoisotopic (exact) mass is 471 g/mol. The third-order valence-electron chi connectivity index (χ3n) is 6.33. The standard InChI is InChI=1S/C24H29N3O5S/c25-23(28)21-9-1-2-10-22(21)32-16-11-18-5-3-6-19(17-18)24(29)26-12-14-27(15-13-26)33(30,31)20-7-4-8-20/h1-3,5-6,9-10,17,20H,4,7-8,11-16H2,(H2,25,28). The number of hydrogen-bond donors (Lipinski definition) is 1. The number of carbonyl (C=O) groups excluding carboxylic acids is 2. The number of sulfonamides is 1. The van der Waals surface area contributed by atoms with E-state index in [0.717, 1.165) is 24.8 Å².